The van der Waals surface area contributed by atoms with E-state index in [0.717, 1.165) is 32.9 Å². The summed E-state index contributed by atoms with van der Waals surface area (Å²) in [4.78, 5) is 7.02. The highest BCUT2D eigenvalue weighted by Gasteiger charge is 2.28. The molecule has 0 bridgehead atoms. The van der Waals surface area contributed by atoms with Crippen LogP contribution in [0.2, 0.25) is 0 Å². The van der Waals surface area contributed by atoms with Crippen molar-refractivity contribution in [3.8, 4) is 0 Å². The number of nitrogens with two attached hydrogens (primary N) is 1. The van der Waals surface area contributed by atoms with Crippen LogP contribution in [-0.4, -0.2) is 5.84 Å². The van der Waals surface area contributed by atoms with Crippen LogP contribution >= 0.6 is 15.9 Å². The van der Waals surface area contributed by atoms with Crippen molar-refractivity contribution >= 4 is 44.5 Å². The Morgan fingerprint density at radius 2 is 1.78 bits per heavy atom. The van der Waals surface area contributed by atoms with Gasteiger partial charge in [0, 0.05) is 28.6 Å². The number of hydrogen-bond donors (Lipinski definition) is 1. The summed E-state index contributed by atoms with van der Waals surface area (Å²) in [6.45, 7) is 10.7. The molecule has 0 aliphatic carbocycles. The summed E-state index contributed by atoms with van der Waals surface area (Å²) in [6.07, 6.45) is 0. The van der Waals surface area contributed by atoms with Crippen LogP contribution in [0.4, 0.5) is 17.1 Å². The lowest BCUT2D eigenvalue weighted by Gasteiger charge is -2.34. The number of halogens is 1. The summed E-state index contributed by atoms with van der Waals surface area (Å²) in [5.74, 6) is 1.23. The molecule has 1 aliphatic rings. The fraction of sp³-hybridized carbons (Fsp3) is 0.211. The van der Waals surface area contributed by atoms with Crippen molar-refractivity contribution in [2.45, 2.75) is 20.8 Å². The second-order valence-corrected chi connectivity index (χ2v) is 6.90. The van der Waals surface area contributed by atoms with E-state index in [1.54, 1.807) is 0 Å². The number of nitrogen functional groups attached to an aromatic ring is 1. The summed E-state index contributed by atoms with van der Waals surface area (Å²) < 4.78 is 0.831. The van der Waals surface area contributed by atoms with Gasteiger partial charge in [0.2, 0.25) is 0 Å². The van der Waals surface area contributed by atoms with Crippen molar-refractivity contribution < 1.29 is 0 Å². The average molecular weight is 370 g/mol. The normalized spacial score (nSPS) is 14.0. The van der Waals surface area contributed by atoms with E-state index in [2.05, 4.69) is 72.4 Å². The first-order valence-corrected chi connectivity index (χ1v) is 8.42. The number of aliphatic imine (C=N–C) groups is 1. The lowest BCUT2D eigenvalue weighted by molar-refractivity contribution is 0.863. The molecule has 3 nitrogen and oxygen atoms in total. The zero-order valence-electron chi connectivity index (χ0n) is 13.6. The number of amidine groups is 1. The summed E-state index contributed by atoms with van der Waals surface area (Å²) in [6, 6.07) is 12.3. The summed E-state index contributed by atoms with van der Waals surface area (Å²) in [7, 11) is 0. The van der Waals surface area contributed by atoms with E-state index in [1.807, 2.05) is 12.1 Å². The van der Waals surface area contributed by atoms with Crippen LogP contribution in [-0.2, 0) is 0 Å². The lowest BCUT2D eigenvalue weighted by Crippen LogP contribution is -2.35. The van der Waals surface area contributed by atoms with Gasteiger partial charge in [0.15, 0.2) is 0 Å². The van der Waals surface area contributed by atoms with E-state index in [0.29, 0.717) is 5.69 Å². The maximum absolute atomic E-state index is 6.01. The average Bonchev–Trinajstić information content (AvgIpc) is 2.52. The number of rotatable bonds is 2. The zero-order chi connectivity index (χ0) is 16.7. The third-order valence-corrected chi connectivity index (χ3v) is 4.82. The number of anilines is 2. The van der Waals surface area contributed by atoms with Crippen LogP contribution in [0.1, 0.15) is 25.0 Å². The molecule has 2 aromatic rings. The van der Waals surface area contributed by atoms with E-state index in [1.165, 1.54) is 5.56 Å². The molecule has 0 radical (unpaired) electrons. The molecule has 2 aromatic carbocycles. The molecule has 1 aliphatic heterocycles. The highest BCUT2D eigenvalue weighted by atomic mass is 79.9. The summed E-state index contributed by atoms with van der Waals surface area (Å²) in [5.41, 5.74) is 11.8. The van der Waals surface area contributed by atoms with Gasteiger partial charge in [0.25, 0.3) is 0 Å². The van der Waals surface area contributed by atoms with Crippen LogP contribution < -0.4 is 10.6 Å². The summed E-state index contributed by atoms with van der Waals surface area (Å²) in [5, 5.41) is 0. The molecule has 0 amide bonds. The van der Waals surface area contributed by atoms with Crippen LogP contribution in [0.5, 0.6) is 0 Å². The molecule has 118 valence electrons. The fourth-order valence-corrected chi connectivity index (χ4v) is 3.15. The molecule has 0 spiro atoms. The minimum atomic E-state index is 0.259. The lowest BCUT2D eigenvalue weighted by atomic mass is 10.0. The van der Waals surface area contributed by atoms with Crippen molar-refractivity contribution in [2.24, 2.45) is 10.9 Å². The Morgan fingerprint density at radius 3 is 2.39 bits per heavy atom. The Labute approximate surface area is 145 Å². The second kappa shape index (κ2) is 5.85. The molecular formula is C19H20BrN3. The van der Waals surface area contributed by atoms with E-state index in [9.17, 15) is 0 Å². The van der Waals surface area contributed by atoms with E-state index in [-0.39, 0.29) is 5.92 Å². The highest BCUT2D eigenvalue weighted by molar-refractivity contribution is 9.10. The molecule has 4 heteroatoms. The van der Waals surface area contributed by atoms with E-state index >= 15 is 0 Å². The topological polar surface area (TPSA) is 41.6 Å². The molecule has 0 saturated heterocycles. The van der Waals surface area contributed by atoms with Gasteiger partial charge in [-0.3, -0.25) is 4.90 Å². The number of aryl methyl sites for hydroxylation is 1. The molecule has 0 unspecified atom stereocenters. The minimum Gasteiger partial charge on any atom is -0.398 e. The van der Waals surface area contributed by atoms with Crippen molar-refractivity contribution in [1.29, 1.82) is 0 Å². The van der Waals surface area contributed by atoms with Crippen LogP contribution in [0.15, 0.2) is 52.4 Å². The first-order valence-electron chi connectivity index (χ1n) is 7.62. The standard InChI is InChI=1S/C19H20BrN3/c1-11(2)19-22-18-15(9-10-16(21)17(18)20)13(4)23(19)14-7-5-12(3)6-8-14/h5-11H,4,21H2,1-3H3. The van der Waals surface area contributed by atoms with Crippen molar-refractivity contribution in [3.63, 3.8) is 0 Å². The molecule has 0 saturated carbocycles. The first-order chi connectivity index (χ1) is 10.9. The molecular weight excluding hydrogens is 350 g/mol. The molecule has 23 heavy (non-hydrogen) atoms. The predicted molar refractivity (Wildman–Crippen MR) is 103 cm³/mol. The number of benzene rings is 2. The van der Waals surface area contributed by atoms with Crippen molar-refractivity contribution in [2.75, 3.05) is 10.6 Å². The third-order valence-electron chi connectivity index (χ3n) is 3.99. The van der Waals surface area contributed by atoms with E-state index < -0.39 is 0 Å². The maximum atomic E-state index is 6.01. The minimum absolute atomic E-state index is 0.259. The van der Waals surface area contributed by atoms with Gasteiger partial charge in [-0.05, 0) is 47.1 Å². The molecule has 0 fully saturated rings. The molecule has 2 N–H and O–H groups in total. The molecule has 3 rings (SSSR count). The van der Waals surface area contributed by atoms with Gasteiger partial charge in [-0.15, -0.1) is 0 Å². The van der Waals surface area contributed by atoms with Gasteiger partial charge in [-0.25, -0.2) is 4.99 Å². The van der Waals surface area contributed by atoms with Gasteiger partial charge in [0.05, 0.1) is 10.2 Å². The Bertz CT molecular complexity index is 804. The Hall–Kier alpha value is -2.07. The Kier molecular flexibility index (Phi) is 4.02. The monoisotopic (exact) mass is 369 g/mol. The Morgan fingerprint density at radius 1 is 1.13 bits per heavy atom. The first kappa shape index (κ1) is 15.8. The fourth-order valence-electron chi connectivity index (χ4n) is 2.71. The van der Waals surface area contributed by atoms with Crippen LogP contribution in [0.25, 0.3) is 5.70 Å². The molecule has 0 atom stereocenters. The second-order valence-electron chi connectivity index (χ2n) is 6.11. The highest BCUT2D eigenvalue weighted by Crippen LogP contribution is 2.43. The third kappa shape index (κ3) is 2.68. The maximum Gasteiger partial charge on any atom is 0.116 e. The van der Waals surface area contributed by atoms with Gasteiger partial charge < -0.3 is 5.73 Å². The smallest absolute Gasteiger partial charge is 0.116 e. The van der Waals surface area contributed by atoms with Crippen molar-refractivity contribution in [3.05, 3.63) is 58.6 Å². The summed E-state index contributed by atoms with van der Waals surface area (Å²) >= 11 is 3.56. The van der Waals surface area contributed by atoms with Gasteiger partial charge in [-0.1, -0.05) is 38.1 Å². The Balaban J connectivity index is 2.21. The van der Waals surface area contributed by atoms with E-state index in [4.69, 9.17) is 10.7 Å². The molecule has 0 aromatic heterocycles. The predicted octanol–water partition coefficient (Wildman–Crippen LogP) is 5.52. The SMILES string of the molecule is C=C1c2ccc(N)c(Br)c2N=C(C(C)C)N1c1ccc(C)cc1. The number of fused-ring (bicyclic) bond motifs is 1. The van der Waals surface area contributed by atoms with Gasteiger partial charge in [0.1, 0.15) is 5.84 Å². The largest absolute Gasteiger partial charge is 0.398 e. The van der Waals surface area contributed by atoms with Crippen molar-refractivity contribution in [1.82, 2.24) is 0 Å². The van der Waals surface area contributed by atoms with Crippen LogP contribution in [0.3, 0.4) is 0 Å². The number of hydrogen-bond acceptors (Lipinski definition) is 3. The molecule has 1 heterocycles. The number of nitrogens with zero attached hydrogens (tertiary/aromatic N) is 2. The van der Waals surface area contributed by atoms with Crippen LogP contribution in [0, 0.1) is 12.8 Å². The quantitative estimate of drug-likeness (QED) is 0.708. The van der Waals surface area contributed by atoms with Gasteiger partial charge >= 0.3 is 0 Å². The van der Waals surface area contributed by atoms with Gasteiger partial charge in [-0.2, -0.15) is 0 Å². The zero-order valence-corrected chi connectivity index (χ0v) is 15.2.